The Kier molecular flexibility index (Phi) is 4.90. The molecule has 0 aromatic rings. The third-order valence-electron chi connectivity index (χ3n) is 1.69. The van der Waals surface area contributed by atoms with Crippen molar-refractivity contribution in [1.29, 1.82) is 5.26 Å². The van der Waals surface area contributed by atoms with E-state index in [0.29, 0.717) is 0 Å². The zero-order valence-electron chi connectivity index (χ0n) is 8.04. The molecule has 3 nitrogen and oxygen atoms in total. The Labute approximate surface area is 84.1 Å². The molecule has 14 heavy (non-hydrogen) atoms. The Balaban J connectivity index is 4.88. The van der Waals surface area contributed by atoms with Crippen molar-refractivity contribution in [2.45, 2.75) is 19.8 Å². The zero-order valence-corrected chi connectivity index (χ0v) is 8.04. The third kappa shape index (κ3) is 2.54. The lowest BCUT2D eigenvalue weighted by Crippen LogP contribution is -2.31. The van der Waals surface area contributed by atoms with E-state index >= 15 is 0 Å². The number of carbonyl (C=O) groups is 1. The lowest BCUT2D eigenvalue weighted by atomic mass is 9.83. The van der Waals surface area contributed by atoms with Crippen LogP contribution >= 0.6 is 0 Å². The normalized spacial score (nSPS) is 9.29. The van der Waals surface area contributed by atoms with Gasteiger partial charge < -0.3 is 4.74 Å². The van der Waals surface area contributed by atoms with E-state index in [2.05, 4.69) is 11.8 Å². The Bertz CT molecular complexity index is 309. The van der Waals surface area contributed by atoms with E-state index in [9.17, 15) is 4.79 Å². The van der Waals surface area contributed by atoms with Gasteiger partial charge in [0, 0.05) is 12.8 Å². The highest BCUT2D eigenvalue weighted by atomic mass is 16.5. The Morgan fingerprint density at radius 1 is 1.43 bits per heavy atom. The minimum Gasteiger partial charge on any atom is -0.465 e. The lowest BCUT2D eigenvalue weighted by molar-refractivity contribution is -0.151. The van der Waals surface area contributed by atoms with Crippen LogP contribution in [0.15, 0.2) is 0 Å². The molecular weight excluding hydrogens is 178 g/mol. The van der Waals surface area contributed by atoms with Gasteiger partial charge in [0.2, 0.25) is 0 Å². The lowest BCUT2D eigenvalue weighted by Gasteiger charge is -2.19. The number of ether oxygens (including phenoxy) is 1. The van der Waals surface area contributed by atoms with E-state index in [1.807, 2.05) is 6.07 Å². The summed E-state index contributed by atoms with van der Waals surface area (Å²) in [6.07, 6.45) is 10.1. The smallest absolute Gasteiger partial charge is 0.328 e. The number of rotatable bonds is 4. The fourth-order valence-corrected chi connectivity index (χ4v) is 0.949. The first-order valence-corrected chi connectivity index (χ1v) is 4.12. The van der Waals surface area contributed by atoms with Crippen molar-refractivity contribution in [3.05, 3.63) is 0 Å². The second kappa shape index (κ2) is 5.68. The number of nitrogens with zero attached hydrogens (tertiary/aromatic N) is 1. The quantitative estimate of drug-likeness (QED) is 0.491. The van der Waals surface area contributed by atoms with Crippen molar-refractivity contribution < 1.29 is 9.53 Å². The van der Waals surface area contributed by atoms with Crippen LogP contribution < -0.4 is 0 Å². The summed E-state index contributed by atoms with van der Waals surface area (Å²) in [4.78, 5) is 11.4. The first kappa shape index (κ1) is 12.1. The zero-order chi connectivity index (χ0) is 11.0. The van der Waals surface area contributed by atoms with E-state index in [0.717, 1.165) is 0 Å². The second-order valence-electron chi connectivity index (χ2n) is 2.68. The second-order valence-corrected chi connectivity index (χ2v) is 2.68. The molecule has 0 aromatic carbocycles. The van der Waals surface area contributed by atoms with Crippen molar-refractivity contribution in [2.75, 3.05) is 6.61 Å². The number of terminal acetylenes is 2. The highest BCUT2D eigenvalue weighted by Crippen LogP contribution is 2.26. The predicted molar refractivity (Wildman–Crippen MR) is 51.6 cm³/mol. The number of carbonyl (C=O) groups excluding carboxylic acids is 1. The number of hydrogen-bond acceptors (Lipinski definition) is 3. The molecule has 0 spiro atoms. The number of hydrogen-bond donors (Lipinski definition) is 0. The van der Waals surface area contributed by atoms with Gasteiger partial charge in [-0.15, -0.1) is 24.7 Å². The van der Waals surface area contributed by atoms with Crippen molar-refractivity contribution >= 4 is 5.97 Å². The summed E-state index contributed by atoms with van der Waals surface area (Å²) >= 11 is 0. The summed E-state index contributed by atoms with van der Waals surface area (Å²) in [6, 6.07) is 1.84. The van der Waals surface area contributed by atoms with E-state index in [1.165, 1.54) is 0 Å². The highest BCUT2D eigenvalue weighted by molar-refractivity contribution is 5.80. The first-order chi connectivity index (χ1) is 6.66. The molecule has 0 aliphatic carbocycles. The average Bonchev–Trinajstić information content (AvgIpc) is 2.17. The van der Waals surface area contributed by atoms with E-state index in [4.69, 9.17) is 22.8 Å². The van der Waals surface area contributed by atoms with Gasteiger partial charge in [-0.25, -0.2) is 0 Å². The van der Waals surface area contributed by atoms with Crippen LogP contribution in [0.1, 0.15) is 19.8 Å². The van der Waals surface area contributed by atoms with Gasteiger partial charge in [-0.2, -0.15) is 5.26 Å². The fraction of sp³-hybridized carbons (Fsp3) is 0.455. The van der Waals surface area contributed by atoms with Crippen LogP contribution in [0.3, 0.4) is 0 Å². The summed E-state index contributed by atoms with van der Waals surface area (Å²) < 4.78 is 4.75. The van der Waals surface area contributed by atoms with E-state index in [-0.39, 0.29) is 19.4 Å². The average molecular weight is 189 g/mol. The van der Waals surface area contributed by atoms with E-state index < -0.39 is 11.4 Å². The summed E-state index contributed by atoms with van der Waals surface area (Å²) in [6.45, 7) is 1.86. The van der Waals surface area contributed by atoms with Crippen LogP contribution in [-0.2, 0) is 9.53 Å². The van der Waals surface area contributed by atoms with Crippen molar-refractivity contribution in [2.24, 2.45) is 5.41 Å². The van der Waals surface area contributed by atoms with Crippen LogP contribution in [-0.4, -0.2) is 12.6 Å². The maximum absolute atomic E-state index is 11.4. The van der Waals surface area contributed by atoms with Gasteiger partial charge in [-0.05, 0) is 6.92 Å². The minimum absolute atomic E-state index is 0.0213. The SMILES string of the molecule is C#CCC(C#N)(CC#C)C(=O)OCC. The molecule has 0 amide bonds. The fourth-order valence-electron chi connectivity index (χ4n) is 0.949. The van der Waals surface area contributed by atoms with Gasteiger partial charge in [-0.3, -0.25) is 4.79 Å². The molecule has 0 bridgehead atoms. The van der Waals surface area contributed by atoms with Gasteiger partial charge >= 0.3 is 5.97 Å². The number of esters is 1. The van der Waals surface area contributed by atoms with Crippen LogP contribution in [0.2, 0.25) is 0 Å². The summed E-state index contributed by atoms with van der Waals surface area (Å²) in [5.41, 5.74) is -1.38. The molecular formula is C11H11NO2. The van der Waals surface area contributed by atoms with Crippen LogP contribution in [0.4, 0.5) is 0 Å². The summed E-state index contributed by atoms with van der Waals surface area (Å²) in [5.74, 6) is 3.89. The molecule has 0 aliphatic heterocycles. The largest absolute Gasteiger partial charge is 0.465 e. The van der Waals surface area contributed by atoms with Gasteiger partial charge in [0.1, 0.15) is 0 Å². The molecule has 0 atom stereocenters. The van der Waals surface area contributed by atoms with Gasteiger partial charge in [0.05, 0.1) is 12.7 Å². The Hall–Kier alpha value is -1.92. The van der Waals surface area contributed by atoms with Crippen molar-refractivity contribution in [1.82, 2.24) is 0 Å². The topological polar surface area (TPSA) is 50.1 Å². The molecule has 0 N–H and O–H groups in total. The molecule has 0 heterocycles. The molecule has 0 aliphatic rings. The van der Waals surface area contributed by atoms with Crippen molar-refractivity contribution in [3.8, 4) is 30.8 Å². The van der Waals surface area contributed by atoms with Crippen LogP contribution in [0.25, 0.3) is 0 Å². The standard InChI is InChI=1S/C11H11NO2/c1-4-7-11(9-12,8-5-2)10(13)14-6-3/h1-2H,6-8H2,3H3. The molecule has 0 unspecified atom stereocenters. The Morgan fingerprint density at radius 3 is 2.21 bits per heavy atom. The first-order valence-electron chi connectivity index (χ1n) is 4.12. The highest BCUT2D eigenvalue weighted by Gasteiger charge is 2.39. The van der Waals surface area contributed by atoms with Gasteiger partial charge in [-0.1, -0.05) is 0 Å². The van der Waals surface area contributed by atoms with Gasteiger partial charge in [0.25, 0.3) is 0 Å². The van der Waals surface area contributed by atoms with Crippen molar-refractivity contribution in [3.63, 3.8) is 0 Å². The maximum atomic E-state index is 11.4. The van der Waals surface area contributed by atoms with Crippen LogP contribution in [0.5, 0.6) is 0 Å². The Morgan fingerprint density at radius 2 is 1.93 bits per heavy atom. The number of nitriles is 1. The molecule has 72 valence electrons. The van der Waals surface area contributed by atoms with Gasteiger partial charge in [0.15, 0.2) is 5.41 Å². The summed E-state index contributed by atoms with van der Waals surface area (Å²) in [7, 11) is 0. The monoisotopic (exact) mass is 189 g/mol. The molecule has 3 heteroatoms. The maximum Gasteiger partial charge on any atom is 0.328 e. The molecule has 0 fully saturated rings. The summed E-state index contributed by atoms with van der Waals surface area (Å²) in [5, 5.41) is 8.89. The molecule has 0 rings (SSSR count). The van der Waals surface area contributed by atoms with Crippen LogP contribution in [0, 0.1) is 41.4 Å². The predicted octanol–water partition coefficient (Wildman–Crippen LogP) is 1.11. The minimum atomic E-state index is -1.38. The van der Waals surface area contributed by atoms with E-state index in [1.54, 1.807) is 6.92 Å². The molecule has 0 radical (unpaired) electrons. The third-order valence-corrected chi connectivity index (χ3v) is 1.69. The molecule has 0 aromatic heterocycles. The molecule has 0 saturated heterocycles. The molecule has 0 saturated carbocycles.